The molecule has 0 aliphatic rings. The Morgan fingerprint density at radius 1 is 0.296 bits per heavy atom. The van der Waals surface area contributed by atoms with E-state index in [-0.39, 0.29) is 37.5 Å². The summed E-state index contributed by atoms with van der Waals surface area (Å²) in [7, 11) is 0. The number of hydrogen-bond acceptors (Lipinski definition) is 6. The molecule has 0 unspecified atom stereocenters. The van der Waals surface area contributed by atoms with Gasteiger partial charge in [0.15, 0.2) is 6.10 Å². The van der Waals surface area contributed by atoms with Crippen LogP contribution < -0.4 is 0 Å². The van der Waals surface area contributed by atoms with Gasteiger partial charge in [-0.05, 0) is 116 Å². The van der Waals surface area contributed by atoms with Gasteiger partial charge in [-0.1, -0.05) is 240 Å². The van der Waals surface area contributed by atoms with Crippen LogP contribution in [-0.2, 0) is 28.6 Å². The minimum Gasteiger partial charge on any atom is -0.462 e. The summed E-state index contributed by atoms with van der Waals surface area (Å²) in [5, 5.41) is 0. The van der Waals surface area contributed by atoms with Crippen LogP contribution in [-0.4, -0.2) is 37.2 Å². The van der Waals surface area contributed by atoms with Gasteiger partial charge >= 0.3 is 17.9 Å². The predicted molar refractivity (Wildman–Crippen MR) is 307 cm³/mol. The van der Waals surface area contributed by atoms with E-state index in [1.54, 1.807) is 0 Å². The average Bonchev–Trinajstić information content (AvgIpc) is 3.37. The van der Waals surface area contributed by atoms with Crippen LogP contribution in [0.1, 0.15) is 278 Å². The molecule has 6 heteroatoms. The highest BCUT2D eigenvalue weighted by atomic mass is 16.6. The first kappa shape index (κ1) is 67.3. The zero-order valence-electron chi connectivity index (χ0n) is 46.5. The lowest BCUT2D eigenvalue weighted by Crippen LogP contribution is -2.30. The van der Waals surface area contributed by atoms with Gasteiger partial charge in [0.2, 0.25) is 0 Å². The van der Waals surface area contributed by atoms with Crippen LogP contribution in [0.5, 0.6) is 0 Å². The van der Waals surface area contributed by atoms with Gasteiger partial charge in [-0.3, -0.25) is 14.4 Å². The summed E-state index contributed by atoms with van der Waals surface area (Å²) >= 11 is 0. The topological polar surface area (TPSA) is 78.9 Å². The van der Waals surface area contributed by atoms with E-state index in [1.165, 1.54) is 128 Å². The quantitative estimate of drug-likeness (QED) is 0.0261. The summed E-state index contributed by atoms with van der Waals surface area (Å²) in [5.74, 6) is -0.973. The largest absolute Gasteiger partial charge is 0.462 e. The lowest BCUT2D eigenvalue weighted by atomic mass is 10.0. The molecule has 0 aromatic rings. The summed E-state index contributed by atoms with van der Waals surface area (Å²) in [6.45, 7) is 6.45. The Morgan fingerprint density at radius 3 is 0.958 bits per heavy atom. The third-order valence-corrected chi connectivity index (χ3v) is 12.5. The minimum absolute atomic E-state index is 0.104. The second-order valence-electron chi connectivity index (χ2n) is 19.5. The van der Waals surface area contributed by atoms with E-state index in [1.807, 2.05) is 0 Å². The molecule has 0 bridgehead atoms. The van der Waals surface area contributed by atoms with Crippen LogP contribution in [0, 0.1) is 0 Å². The molecule has 0 N–H and O–H groups in total. The Labute approximate surface area is 438 Å². The zero-order chi connectivity index (χ0) is 51.4. The Hall–Kier alpha value is -3.67. The van der Waals surface area contributed by atoms with Gasteiger partial charge in [0, 0.05) is 19.3 Å². The van der Waals surface area contributed by atoms with Crippen molar-refractivity contribution in [3.63, 3.8) is 0 Å². The second kappa shape index (κ2) is 58.9. The van der Waals surface area contributed by atoms with E-state index >= 15 is 0 Å². The molecule has 0 radical (unpaired) electrons. The molecule has 0 heterocycles. The van der Waals surface area contributed by atoms with Crippen molar-refractivity contribution in [2.75, 3.05) is 13.2 Å². The van der Waals surface area contributed by atoms with E-state index in [0.717, 1.165) is 103 Å². The maximum Gasteiger partial charge on any atom is 0.306 e. The smallest absolute Gasteiger partial charge is 0.306 e. The van der Waals surface area contributed by atoms with Crippen molar-refractivity contribution in [2.45, 2.75) is 284 Å². The van der Waals surface area contributed by atoms with E-state index in [2.05, 4.69) is 118 Å². The molecule has 0 saturated carbocycles. The second-order valence-corrected chi connectivity index (χ2v) is 19.5. The van der Waals surface area contributed by atoms with Crippen LogP contribution in [0.25, 0.3) is 0 Å². The Morgan fingerprint density at radius 2 is 0.563 bits per heavy atom. The number of allylic oxidation sites excluding steroid dienone is 16. The van der Waals surface area contributed by atoms with Gasteiger partial charge in [-0.2, -0.15) is 0 Å². The molecule has 0 aromatic heterocycles. The first-order chi connectivity index (χ1) is 35.0. The van der Waals surface area contributed by atoms with Crippen molar-refractivity contribution >= 4 is 17.9 Å². The molecule has 0 rings (SSSR count). The standard InChI is InChI=1S/C65H110O6/c1-4-7-10-13-16-19-22-25-28-30-31-32-33-35-38-41-44-47-50-53-56-59-65(68)71-62(60-69-63(66)57-54-51-48-45-42-39-36-27-24-21-18-15-12-9-6-3)61-70-64(67)58-55-52-49-46-43-40-37-34-29-26-23-20-17-14-11-8-5-2/h9,12,17-18,20-21,25-29,36-37,40,46,49,62H,4-8,10-11,13-16,19,22-24,30-35,38-39,41-45,47-48,50-61H2,1-3H3/b12-9-,20-17-,21-18-,28-25-,29-26-,36-27-,40-37-,49-46-/t62-/m1/s1. The van der Waals surface area contributed by atoms with E-state index in [0.29, 0.717) is 19.3 Å². The molecule has 0 aliphatic carbocycles. The summed E-state index contributed by atoms with van der Waals surface area (Å²) in [4.78, 5) is 38.2. The third-order valence-electron chi connectivity index (χ3n) is 12.5. The van der Waals surface area contributed by atoms with Crippen LogP contribution in [0.15, 0.2) is 97.2 Å². The van der Waals surface area contributed by atoms with Crippen molar-refractivity contribution in [3.8, 4) is 0 Å². The van der Waals surface area contributed by atoms with Crippen LogP contribution in [0.2, 0.25) is 0 Å². The number of carbonyl (C=O) groups is 3. The minimum atomic E-state index is -0.809. The summed E-state index contributed by atoms with van der Waals surface area (Å²) in [5.41, 5.74) is 0. The maximum atomic E-state index is 12.9. The maximum absolute atomic E-state index is 12.9. The number of rotatable bonds is 53. The van der Waals surface area contributed by atoms with Crippen molar-refractivity contribution in [1.82, 2.24) is 0 Å². The first-order valence-corrected chi connectivity index (χ1v) is 29.7. The van der Waals surface area contributed by atoms with Crippen LogP contribution in [0.4, 0.5) is 0 Å². The fraction of sp³-hybridized carbons (Fsp3) is 0.708. The number of carbonyl (C=O) groups excluding carboxylic acids is 3. The number of ether oxygens (including phenoxy) is 3. The molecule has 0 spiro atoms. The molecule has 6 nitrogen and oxygen atoms in total. The van der Waals surface area contributed by atoms with Gasteiger partial charge < -0.3 is 14.2 Å². The molecule has 71 heavy (non-hydrogen) atoms. The van der Waals surface area contributed by atoms with Gasteiger partial charge in [-0.25, -0.2) is 0 Å². The average molecular weight is 988 g/mol. The lowest BCUT2D eigenvalue weighted by Gasteiger charge is -2.18. The molecule has 0 amide bonds. The molecule has 0 aromatic carbocycles. The van der Waals surface area contributed by atoms with Gasteiger partial charge in [-0.15, -0.1) is 0 Å². The fourth-order valence-electron chi connectivity index (χ4n) is 8.09. The highest BCUT2D eigenvalue weighted by Crippen LogP contribution is 2.15. The molecule has 406 valence electrons. The van der Waals surface area contributed by atoms with Crippen LogP contribution >= 0.6 is 0 Å². The lowest BCUT2D eigenvalue weighted by molar-refractivity contribution is -0.167. The number of hydrogen-bond donors (Lipinski definition) is 0. The monoisotopic (exact) mass is 987 g/mol. The normalized spacial score (nSPS) is 12.8. The van der Waals surface area contributed by atoms with Gasteiger partial charge in [0.05, 0.1) is 0 Å². The Bertz CT molecular complexity index is 1410. The Balaban J connectivity index is 4.46. The SMILES string of the molecule is CC/C=C\C/C=C\C/C=C\CCCCCCCC(=O)OC[C@H](COC(=O)CCC/C=C\C/C=C\C/C=C\C/C=C\CCCCC)OC(=O)CCCCCCCCCCCCC/C=C\CCCCCCCC. The molecule has 0 aliphatic heterocycles. The van der Waals surface area contributed by atoms with Gasteiger partial charge in [0.1, 0.15) is 13.2 Å². The zero-order valence-corrected chi connectivity index (χ0v) is 46.5. The van der Waals surface area contributed by atoms with Crippen LogP contribution in [0.3, 0.4) is 0 Å². The van der Waals surface area contributed by atoms with Gasteiger partial charge in [0.25, 0.3) is 0 Å². The summed E-state index contributed by atoms with van der Waals surface area (Å²) in [6.07, 6.45) is 78.3. The van der Waals surface area contributed by atoms with Crippen molar-refractivity contribution in [2.24, 2.45) is 0 Å². The van der Waals surface area contributed by atoms with E-state index < -0.39 is 6.10 Å². The fourth-order valence-corrected chi connectivity index (χ4v) is 8.09. The van der Waals surface area contributed by atoms with Crippen molar-refractivity contribution in [3.05, 3.63) is 97.2 Å². The molecule has 0 fully saturated rings. The highest BCUT2D eigenvalue weighted by molar-refractivity contribution is 5.71. The van der Waals surface area contributed by atoms with E-state index in [4.69, 9.17) is 14.2 Å². The van der Waals surface area contributed by atoms with Crippen molar-refractivity contribution in [1.29, 1.82) is 0 Å². The number of esters is 3. The Kier molecular flexibility index (Phi) is 55.9. The third kappa shape index (κ3) is 57.1. The molecule has 1 atom stereocenters. The first-order valence-electron chi connectivity index (χ1n) is 29.7. The molecule has 0 saturated heterocycles. The summed E-state index contributed by atoms with van der Waals surface area (Å²) in [6, 6.07) is 0. The predicted octanol–water partition coefficient (Wildman–Crippen LogP) is 20.1. The highest BCUT2D eigenvalue weighted by Gasteiger charge is 2.19. The molecular weight excluding hydrogens is 877 g/mol. The number of unbranched alkanes of at least 4 members (excludes halogenated alkanes) is 26. The molecular formula is C65H110O6. The van der Waals surface area contributed by atoms with E-state index in [9.17, 15) is 14.4 Å². The van der Waals surface area contributed by atoms with Crippen molar-refractivity contribution < 1.29 is 28.6 Å². The summed E-state index contributed by atoms with van der Waals surface area (Å²) < 4.78 is 16.8.